The smallest absolute Gasteiger partial charge is 0.488 e. The molecule has 64 valence electrons. The molecular weight excluding hydrogens is 175 g/mol. The molecule has 0 bridgehead atoms. The van der Waals surface area contributed by atoms with Crippen LogP contribution in [0.5, 0.6) is 0 Å². The molecule has 0 radical (unpaired) electrons. The number of rotatable bonds is 4. The molecule has 0 saturated carbocycles. The van der Waals surface area contributed by atoms with E-state index in [0.29, 0.717) is 6.42 Å². The van der Waals surface area contributed by atoms with Crippen molar-refractivity contribution >= 4 is 8.25 Å². The zero-order chi connectivity index (χ0) is 8.81. The van der Waals surface area contributed by atoms with Crippen LogP contribution in [0.3, 0.4) is 0 Å². The topological polar surface area (TPSA) is 49.4 Å². The fraction of sp³-hybridized carbons (Fsp3) is 0.250. The Morgan fingerprint density at radius 3 is 2.58 bits per heavy atom. The summed E-state index contributed by atoms with van der Waals surface area (Å²) in [7, 11) is -2.70. The monoisotopic (exact) mass is 184 g/mol. The fourth-order valence-corrected chi connectivity index (χ4v) is 1.12. The van der Waals surface area contributed by atoms with E-state index in [9.17, 15) is 9.46 Å². The minimum atomic E-state index is -2.70. The van der Waals surface area contributed by atoms with E-state index in [2.05, 4.69) is 4.52 Å². The van der Waals surface area contributed by atoms with Crippen LogP contribution in [0, 0.1) is 0 Å². The van der Waals surface area contributed by atoms with Gasteiger partial charge >= 0.3 is 8.25 Å². The summed E-state index contributed by atoms with van der Waals surface area (Å²) in [6, 6.07) is 9.60. The van der Waals surface area contributed by atoms with Crippen LogP contribution in [0.25, 0.3) is 0 Å². The van der Waals surface area contributed by atoms with Gasteiger partial charge in [-0.05, 0) is 10.1 Å². The van der Waals surface area contributed by atoms with Crippen LogP contribution in [0.4, 0.5) is 0 Å². The van der Waals surface area contributed by atoms with Gasteiger partial charge in [0, 0.05) is 6.42 Å². The summed E-state index contributed by atoms with van der Waals surface area (Å²) in [5.74, 6) is 0. The Morgan fingerprint density at radius 1 is 1.33 bits per heavy atom. The predicted molar refractivity (Wildman–Crippen MR) is 43.7 cm³/mol. The lowest BCUT2D eigenvalue weighted by Gasteiger charge is -1.95. The molecule has 0 amide bonds. The molecular formula is C8H9O3P. The summed E-state index contributed by atoms with van der Waals surface area (Å²) in [4.78, 5) is 10.0. The Balaban J connectivity index is 2.29. The van der Waals surface area contributed by atoms with Gasteiger partial charge in [0.05, 0.1) is 0 Å². The van der Waals surface area contributed by atoms with Crippen molar-refractivity contribution in [1.82, 2.24) is 0 Å². The number of hydrogen-bond donors (Lipinski definition) is 0. The van der Waals surface area contributed by atoms with Crippen molar-refractivity contribution in [3.8, 4) is 0 Å². The van der Waals surface area contributed by atoms with Crippen molar-refractivity contribution in [1.29, 1.82) is 0 Å². The molecule has 4 heteroatoms. The largest absolute Gasteiger partial charge is 0.566 e. The molecule has 1 aromatic rings. The molecule has 1 unspecified atom stereocenters. The van der Waals surface area contributed by atoms with Gasteiger partial charge in [0.1, 0.15) is 6.61 Å². The molecule has 0 aliphatic rings. The van der Waals surface area contributed by atoms with Gasteiger partial charge in [-0.3, -0.25) is 0 Å². The van der Waals surface area contributed by atoms with Crippen LogP contribution >= 0.6 is 8.25 Å². The molecule has 1 aromatic carbocycles. The summed E-state index contributed by atoms with van der Waals surface area (Å²) in [5.41, 5.74) is 1.08. The first-order valence-corrected chi connectivity index (χ1v) is 4.70. The lowest BCUT2D eigenvalue weighted by molar-refractivity contribution is -0.185. The first kappa shape index (κ1) is 9.33. The van der Waals surface area contributed by atoms with Crippen molar-refractivity contribution in [2.45, 2.75) is 6.42 Å². The second-order valence-electron chi connectivity index (χ2n) is 2.29. The molecule has 0 saturated heterocycles. The van der Waals surface area contributed by atoms with Crippen molar-refractivity contribution in [3.63, 3.8) is 0 Å². The van der Waals surface area contributed by atoms with Gasteiger partial charge in [-0.15, -0.1) is 4.52 Å². The highest BCUT2D eigenvalue weighted by Crippen LogP contribution is 2.09. The Kier molecular flexibility index (Phi) is 3.88. The van der Waals surface area contributed by atoms with Gasteiger partial charge in [-0.1, -0.05) is 30.3 Å². The number of hydrogen-bond acceptors (Lipinski definition) is 3. The molecule has 0 aliphatic carbocycles. The maximum Gasteiger partial charge on any atom is 0.488 e. The van der Waals surface area contributed by atoms with E-state index in [-0.39, 0.29) is 6.61 Å². The summed E-state index contributed by atoms with van der Waals surface area (Å²) in [6.07, 6.45) is 0.629. The van der Waals surface area contributed by atoms with Gasteiger partial charge in [0.25, 0.3) is 0 Å². The lowest BCUT2D eigenvalue weighted by atomic mass is 10.2. The van der Waals surface area contributed by atoms with E-state index < -0.39 is 8.25 Å². The molecule has 0 aliphatic heterocycles. The fourth-order valence-electron chi connectivity index (χ4n) is 0.883. The summed E-state index contributed by atoms with van der Waals surface area (Å²) < 4.78 is 14.4. The average Bonchev–Trinajstić information content (AvgIpc) is 2.05. The minimum Gasteiger partial charge on any atom is -0.566 e. The maximum absolute atomic E-state index is 10.0. The summed E-state index contributed by atoms with van der Waals surface area (Å²) in [6.45, 7) is 0.225. The summed E-state index contributed by atoms with van der Waals surface area (Å²) in [5, 5.41) is 0. The van der Waals surface area contributed by atoms with Crippen molar-refractivity contribution < 1.29 is 14.0 Å². The van der Waals surface area contributed by atoms with Gasteiger partial charge in [-0.2, -0.15) is 0 Å². The highest BCUT2D eigenvalue weighted by molar-refractivity contribution is 7.30. The Labute approximate surface area is 71.9 Å². The molecule has 12 heavy (non-hydrogen) atoms. The molecule has 1 atom stereocenters. The zero-order valence-corrected chi connectivity index (χ0v) is 7.37. The zero-order valence-electron chi connectivity index (χ0n) is 6.47. The highest BCUT2D eigenvalue weighted by atomic mass is 31.1. The van der Waals surface area contributed by atoms with Crippen molar-refractivity contribution in [2.75, 3.05) is 6.61 Å². The van der Waals surface area contributed by atoms with E-state index in [0.717, 1.165) is 5.56 Å². The second-order valence-corrected chi connectivity index (χ2v) is 3.00. The van der Waals surface area contributed by atoms with Crippen molar-refractivity contribution in [2.24, 2.45) is 0 Å². The van der Waals surface area contributed by atoms with Gasteiger partial charge in [-0.25, -0.2) is 0 Å². The SMILES string of the molecule is O=[P+]([O-])OCCc1ccccc1. The molecule has 0 aromatic heterocycles. The Hall–Kier alpha value is -0.760. The standard InChI is InChI=1S/C8H9O3P/c9-12(10)11-7-6-8-4-2-1-3-5-8/h1-5H,6-7H2. The quantitative estimate of drug-likeness (QED) is 0.662. The van der Waals surface area contributed by atoms with Crippen LogP contribution in [0.1, 0.15) is 5.56 Å². The van der Waals surface area contributed by atoms with Crippen molar-refractivity contribution in [3.05, 3.63) is 35.9 Å². The molecule has 1 rings (SSSR count). The Bertz CT molecular complexity index is 248. The third-order valence-electron chi connectivity index (χ3n) is 1.43. The van der Waals surface area contributed by atoms with Crippen LogP contribution in [0.15, 0.2) is 30.3 Å². The van der Waals surface area contributed by atoms with E-state index in [1.807, 2.05) is 30.3 Å². The Morgan fingerprint density at radius 2 is 2.00 bits per heavy atom. The first-order chi connectivity index (χ1) is 5.79. The average molecular weight is 184 g/mol. The third kappa shape index (κ3) is 3.58. The highest BCUT2D eigenvalue weighted by Gasteiger charge is 2.00. The van der Waals surface area contributed by atoms with Gasteiger partial charge in [0.15, 0.2) is 0 Å². The normalized spacial score (nSPS) is 11.2. The molecule has 0 heterocycles. The molecule has 3 nitrogen and oxygen atoms in total. The van der Waals surface area contributed by atoms with E-state index in [1.54, 1.807) is 0 Å². The molecule has 0 spiro atoms. The predicted octanol–water partition coefficient (Wildman–Crippen LogP) is 1.26. The molecule has 0 fully saturated rings. The van der Waals surface area contributed by atoms with E-state index >= 15 is 0 Å². The maximum atomic E-state index is 10.0. The molecule has 0 N–H and O–H groups in total. The number of benzene rings is 1. The van der Waals surface area contributed by atoms with Crippen LogP contribution < -0.4 is 4.89 Å². The van der Waals surface area contributed by atoms with E-state index in [1.165, 1.54) is 0 Å². The third-order valence-corrected chi connectivity index (χ3v) is 1.82. The minimum absolute atomic E-state index is 0.225. The lowest BCUT2D eigenvalue weighted by Crippen LogP contribution is -1.97. The van der Waals surface area contributed by atoms with Gasteiger partial charge in [0.2, 0.25) is 0 Å². The van der Waals surface area contributed by atoms with Gasteiger partial charge < -0.3 is 4.89 Å². The first-order valence-electron chi connectivity index (χ1n) is 3.60. The second kappa shape index (κ2) is 4.99. The van der Waals surface area contributed by atoms with Crippen LogP contribution in [-0.4, -0.2) is 6.61 Å². The van der Waals surface area contributed by atoms with E-state index in [4.69, 9.17) is 0 Å². The van der Waals surface area contributed by atoms with Crippen LogP contribution in [-0.2, 0) is 15.5 Å². The van der Waals surface area contributed by atoms with Crippen LogP contribution in [0.2, 0.25) is 0 Å². The summed E-state index contributed by atoms with van der Waals surface area (Å²) >= 11 is 0.